The summed E-state index contributed by atoms with van der Waals surface area (Å²) < 4.78 is 0. The second kappa shape index (κ2) is 9.01. The summed E-state index contributed by atoms with van der Waals surface area (Å²) >= 11 is 6.08. The number of amides is 1. The highest BCUT2D eigenvalue weighted by Crippen LogP contribution is 2.20. The van der Waals surface area contributed by atoms with Crippen molar-refractivity contribution in [2.24, 2.45) is 0 Å². The number of benzene rings is 1. The first-order valence-electron chi connectivity index (χ1n) is 8.97. The number of carbonyl (C=O) groups is 1. The van der Waals surface area contributed by atoms with Gasteiger partial charge in [-0.3, -0.25) is 14.7 Å². The Morgan fingerprint density at radius 3 is 2.58 bits per heavy atom. The van der Waals surface area contributed by atoms with E-state index >= 15 is 0 Å². The van der Waals surface area contributed by atoms with E-state index < -0.39 is 0 Å². The van der Waals surface area contributed by atoms with Gasteiger partial charge in [0.1, 0.15) is 0 Å². The molecule has 0 N–H and O–H groups in total. The minimum atomic E-state index is 0.176. The zero-order chi connectivity index (χ0) is 18.4. The van der Waals surface area contributed by atoms with Crippen LogP contribution in [-0.2, 0) is 11.2 Å². The summed E-state index contributed by atoms with van der Waals surface area (Å²) in [6, 6.07) is 11.9. The van der Waals surface area contributed by atoms with Gasteiger partial charge in [-0.05, 0) is 42.3 Å². The fraction of sp³-hybridized carbons (Fsp3) is 0.400. The summed E-state index contributed by atoms with van der Waals surface area (Å²) in [5.74, 6) is 0.176. The Bertz CT molecular complexity index is 717. The first-order valence-corrected chi connectivity index (χ1v) is 9.35. The molecule has 5 nitrogen and oxygen atoms in total. The summed E-state index contributed by atoms with van der Waals surface area (Å²) in [4.78, 5) is 22.9. The molecule has 1 fully saturated rings. The van der Waals surface area contributed by atoms with Gasteiger partial charge in [-0.25, -0.2) is 0 Å². The second-order valence-corrected chi connectivity index (χ2v) is 7.10. The highest BCUT2D eigenvalue weighted by atomic mass is 35.5. The van der Waals surface area contributed by atoms with Crippen LogP contribution in [0.25, 0.3) is 0 Å². The van der Waals surface area contributed by atoms with Crippen LogP contribution in [0.3, 0.4) is 0 Å². The number of carbonyl (C=O) groups excluding carboxylic acids is 1. The lowest BCUT2D eigenvalue weighted by molar-refractivity contribution is -0.131. The number of hydrogen-bond acceptors (Lipinski definition) is 4. The molecule has 1 aromatic carbocycles. The van der Waals surface area contributed by atoms with Gasteiger partial charge in [-0.2, -0.15) is 0 Å². The van der Waals surface area contributed by atoms with E-state index in [1.165, 1.54) is 5.56 Å². The van der Waals surface area contributed by atoms with E-state index in [1.54, 1.807) is 12.4 Å². The normalized spacial score (nSPS) is 15.1. The molecule has 138 valence electrons. The zero-order valence-electron chi connectivity index (χ0n) is 15.1. The molecule has 26 heavy (non-hydrogen) atoms. The van der Waals surface area contributed by atoms with Crippen molar-refractivity contribution >= 4 is 23.2 Å². The number of halogens is 1. The van der Waals surface area contributed by atoms with Crippen LogP contribution in [0.2, 0.25) is 5.02 Å². The minimum absolute atomic E-state index is 0.176. The molecule has 1 aliphatic heterocycles. The highest BCUT2D eigenvalue weighted by Gasteiger charge is 2.20. The molecule has 0 atom stereocenters. The average Bonchev–Trinajstić information content (AvgIpc) is 2.67. The van der Waals surface area contributed by atoms with Crippen molar-refractivity contribution in [3.63, 3.8) is 0 Å². The molecule has 2 aromatic rings. The van der Waals surface area contributed by atoms with Crippen LogP contribution >= 0.6 is 11.6 Å². The van der Waals surface area contributed by atoms with Crippen molar-refractivity contribution in [3.8, 4) is 0 Å². The van der Waals surface area contributed by atoms with Crippen LogP contribution in [0.15, 0.2) is 48.8 Å². The van der Waals surface area contributed by atoms with Gasteiger partial charge in [0, 0.05) is 62.9 Å². The molecule has 0 unspecified atom stereocenters. The fourth-order valence-electron chi connectivity index (χ4n) is 3.12. The number of rotatable bonds is 6. The fourth-order valence-corrected chi connectivity index (χ4v) is 3.30. The van der Waals surface area contributed by atoms with Crippen LogP contribution < -0.4 is 4.90 Å². The Labute approximate surface area is 160 Å². The summed E-state index contributed by atoms with van der Waals surface area (Å²) in [6.45, 7) is 4.80. The van der Waals surface area contributed by atoms with Crippen molar-refractivity contribution in [3.05, 3.63) is 59.4 Å². The first kappa shape index (κ1) is 18.7. The maximum atomic E-state index is 12.5. The van der Waals surface area contributed by atoms with Crippen LogP contribution in [0.4, 0.5) is 5.69 Å². The molecule has 3 rings (SSSR count). The van der Waals surface area contributed by atoms with Crippen molar-refractivity contribution in [1.82, 2.24) is 14.8 Å². The molecule has 0 aliphatic carbocycles. The number of piperazine rings is 1. The van der Waals surface area contributed by atoms with Gasteiger partial charge < -0.3 is 9.80 Å². The van der Waals surface area contributed by atoms with E-state index in [4.69, 9.17) is 11.6 Å². The molecule has 0 radical (unpaired) electrons. The predicted octanol–water partition coefficient (Wildman–Crippen LogP) is 2.56. The lowest BCUT2D eigenvalue weighted by atomic mass is 10.2. The van der Waals surface area contributed by atoms with Crippen molar-refractivity contribution in [2.75, 3.05) is 51.2 Å². The molecule has 2 heterocycles. The molecule has 6 heteroatoms. The third-order valence-electron chi connectivity index (χ3n) is 4.82. The molecular formula is C20H25ClN4O. The summed E-state index contributed by atoms with van der Waals surface area (Å²) in [5.41, 5.74) is 2.35. The maximum absolute atomic E-state index is 12.5. The number of hydrogen-bond donors (Lipinski definition) is 0. The standard InChI is InChI=1S/C20H25ClN4O/c1-23(10-7-17-5-8-22-9-6-17)20(26)16-24-11-13-25(14-12-24)19-4-2-3-18(21)15-19/h2-6,8-9,15H,7,10-14,16H2,1H3. The van der Waals surface area contributed by atoms with Crippen LogP contribution in [0.5, 0.6) is 0 Å². The maximum Gasteiger partial charge on any atom is 0.236 e. The number of pyridine rings is 1. The molecular weight excluding hydrogens is 348 g/mol. The topological polar surface area (TPSA) is 39.7 Å². The highest BCUT2D eigenvalue weighted by molar-refractivity contribution is 6.30. The number of likely N-dealkylation sites (N-methyl/N-ethyl adjacent to an activating group) is 1. The summed E-state index contributed by atoms with van der Waals surface area (Å²) in [6.07, 6.45) is 4.43. The SMILES string of the molecule is CN(CCc1ccncc1)C(=O)CN1CCN(c2cccc(Cl)c2)CC1. The van der Waals surface area contributed by atoms with E-state index in [0.29, 0.717) is 6.54 Å². The average molecular weight is 373 g/mol. The summed E-state index contributed by atoms with van der Waals surface area (Å²) in [7, 11) is 1.88. The van der Waals surface area contributed by atoms with Gasteiger partial charge in [-0.1, -0.05) is 17.7 Å². The number of aromatic nitrogens is 1. The molecule has 0 saturated carbocycles. The van der Waals surface area contributed by atoms with Crippen LogP contribution in [-0.4, -0.2) is 67.0 Å². The van der Waals surface area contributed by atoms with Gasteiger partial charge in [0.15, 0.2) is 0 Å². The molecule has 1 aromatic heterocycles. The van der Waals surface area contributed by atoms with E-state index in [2.05, 4.69) is 20.9 Å². The van der Waals surface area contributed by atoms with Gasteiger partial charge >= 0.3 is 0 Å². The van der Waals surface area contributed by atoms with E-state index in [-0.39, 0.29) is 5.91 Å². The Kier molecular flexibility index (Phi) is 6.47. The third kappa shape index (κ3) is 5.19. The molecule has 1 aliphatic rings. The van der Waals surface area contributed by atoms with E-state index in [9.17, 15) is 4.79 Å². The van der Waals surface area contributed by atoms with E-state index in [1.807, 2.05) is 42.3 Å². The molecule has 0 spiro atoms. The predicted molar refractivity (Wildman–Crippen MR) is 106 cm³/mol. The molecule has 1 amide bonds. The van der Waals surface area contributed by atoms with Gasteiger partial charge in [0.2, 0.25) is 5.91 Å². The largest absolute Gasteiger partial charge is 0.369 e. The van der Waals surface area contributed by atoms with Crippen LogP contribution in [0.1, 0.15) is 5.56 Å². The number of nitrogens with zero attached hydrogens (tertiary/aromatic N) is 4. The Balaban J connectivity index is 1.42. The lowest BCUT2D eigenvalue weighted by Gasteiger charge is -2.36. The minimum Gasteiger partial charge on any atom is -0.369 e. The Morgan fingerprint density at radius 1 is 1.15 bits per heavy atom. The number of anilines is 1. The Morgan fingerprint density at radius 2 is 1.88 bits per heavy atom. The molecule has 0 bridgehead atoms. The second-order valence-electron chi connectivity index (χ2n) is 6.66. The van der Waals surface area contributed by atoms with Gasteiger partial charge in [-0.15, -0.1) is 0 Å². The van der Waals surface area contributed by atoms with Crippen molar-refractivity contribution < 1.29 is 4.79 Å². The smallest absolute Gasteiger partial charge is 0.236 e. The monoisotopic (exact) mass is 372 g/mol. The van der Waals surface area contributed by atoms with Crippen molar-refractivity contribution in [2.45, 2.75) is 6.42 Å². The molecule has 1 saturated heterocycles. The lowest BCUT2D eigenvalue weighted by Crippen LogP contribution is -2.49. The quantitative estimate of drug-likeness (QED) is 0.781. The van der Waals surface area contributed by atoms with E-state index in [0.717, 1.165) is 49.9 Å². The summed E-state index contributed by atoms with van der Waals surface area (Å²) in [5, 5.41) is 0.760. The Hall–Kier alpha value is -2.11. The zero-order valence-corrected chi connectivity index (χ0v) is 15.9. The third-order valence-corrected chi connectivity index (χ3v) is 5.05. The van der Waals surface area contributed by atoms with Gasteiger partial charge in [0.25, 0.3) is 0 Å². The van der Waals surface area contributed by atoms with Crippen molar-refractivity contribution in [1.29, 1.82) is 0 Å². The van der Waals surface area contributed by atoms with Crippen LogP contribution in [0, 0.1) is 0 Å². The van der Waals surface area contributed by atoms with Gasteiger partial charge in [0.05, 0.1) is 6.54 Å². The first-order chi connectivity index (χ1) is 12.6.